The SMILES string of the molecule is Cc1cccc(-c2nc(C(C)C)no2)c1NC(=O)c1ccc(OCC(F)(F)F)nc1. The standard InChI is InChI=1S/C20H19F3N4O3/c1-11(2)17-26-19(30-27-17)14-6-4-5-12(3)16(14)25-18(28)13-7-8-15(24-9-13)29-10-20(21,22)23/h4-9,11H,10H2,1-3H3,(H,25,28). The maximum atomic E-state index is 12.7. The topological polar surface area (TPSA) is 90.1 Å². The largest absolute Gasteiger partial charge is 0.468 e. The third-order valence-corrected chi connectivity index (χ3v) is 4.08. The fourth-order valence-corrected chi connectivity index (χ4v) is 2.53. The number of aryl methyl sites for hydroxylation is 1. The number of aromatic nitrogens is 3. The Morgan fingerprint density at radius 1 is 1.23 bits per heavy atom. The van der Waals surface area contributed by atoms with Gasteiger partial charge in [-0.1, -0.05) is 31.1 Å². The zero-order valence-corrected chi connectivity index (χ0v) is 16.4. The molecule has 0 fully saturated rings. The van der Waals surface area contributed by atoms with E-state index in [2.05, 4.69) is 25.2 Å². The van der Waals surface area contributed by atoms with Crippen LogP contribution in [0.25, 0.3) is 11.5 Å². The molecule has 0 aliphatic heterocycles. The summed E-state index contributed by atoms with van der Waals surface area (Å²) in [6.07, 6.45) is -3.33. The molecule has 0 unspecified atom stereocenters. The molecule has 0 saturated carbocycles. The van der Waals surface area contributed by atoms with E-state index in [1.165, 1.54) is 12.1 Å². The van der Waals surface area contributed by atoms with E-state index in [1.54, 1.807) is 12.1 Å². The van der Waals surface area contributed by atoms with Gasteiger partial charge in [-0.2, -0.15) is 18.2 Å². The molecule has 1 N–H and O–H groups in total. The molecule has 1 amide bonds. The first kappa shape index (κ1) is 21.3. The molecular weight excluding hydrogens is 401 g/mol. The van der Waals surface area contributed by atoms with Gasteiger partial charge in [0, 0.05) is 18.2 Å². The molecule has 10 heteroatoms. The molecule has 0 bridgehead atoms. The van der Waals surface area contributed by atoms with Crippen LogP contribution in [0.15, 0.2) is 41.1 Å². The van der Waals surface area contributed by atoms with Crippen molar-refractivity contribution in [2.24, 2.45) is 0 Å². The Morgan fingerprint density at radius 3 is 2.60 bits per heavy atom. The third-order valence-electron chi connectivity index (χ3n) is 4.08. The summed E-state index contributed by atoms with van der Waals surface area (Å²) >= 11 is 0. The zero-order chi connectivity index (χ0) is 21.9. The van der Waals surface area contributed by atoms with Gasteiger partial charge in [0.1, 0.15) is 0 Å². The predicted molar refractivity (Wildman–Crippen MR) is 102 cm³/mol. The molecule has 0 saturated heterocycles. The monoisotopic (exact) mass is 420 g/mol. The molecule has 0 atom stereocenters. The summed E-state index contributed by atoms with van der Waals surface area (Å²) in [5, 5.41) is 6.72. The fourth-order valence-electron chi connectivity index (χ4n) is 2.53. The van der Waals surface area contributed by atoms with Crippen LogP contribution >= 0.6 is 0 Å². The summed E-state index contributed by atoms with van der Waals surface area (Å²) in [4.78, 5) is 20.8. The summed E-state index contributed by atoms with van der Waals surface area (Å²) in [5.74, 6) is 0.167. The van der Waals surface area contributed by atoms with Crippen LogP contribution in [0, 0.1) is 6.92 Å². The Bertz CT molecular complexity index is 1030. The van der Waals surface area contributed by atoms with Crippen LogP contribution in [0.2, 0.25) is 0 Å². The van der Waals surface area contributed by atoms with Gasteiger partial charge in [-0.15, -0.1) is 0 Å². The normalized spacial score (nSPS) is 11.6. The maximum absolute atomic E-state index is 12.7. The number of pyridine rings is 1. The molecule has 7 nitrogen and oxygen atoms in total. The highest BCUT2D eigenvalue weighted by molar-refractivity contribution is 6.06. The summed E-state index contributed by atoms with van der Waals surface area (Å²) in [7, 11) is 0. The quantitative estimate of drug-likeness (QED) is 0.619. The Kier molecular flexibility index (Phi) is 6.04. The minimum atomic E-state index is -4.47. The highest BCUT2D eigenvalue weighted by atomic mass is 19.4. The van der Waals surface area contributed by atoms with Crippen molar-refractivity contribution in [1.29, 1.82) is 0 Å². The van der Waals surface area contributed by atoms with Gasteiger partial charge >= 0.3 is 6.18 Å². The van der Waals surface area contributed by atoms with Crippen LogP contribution in [0.5, 0.6) is 5.88 Å². The molecule has 0 aliphatic carbocycles. The van der Waals surface area contributed by atoms with E-state index >= 15 is 0 Å². The summed E-state index contributed by atoms with van der Waals surface area (Å²) in [5.41, 5.74) is 1.96. The third kappa shape index (κ3) is 5.13. The number of carbonyl (C=O) groups is 1. The Labute approximate surface area is 170 Å². The van der Waals surface area contributed by atoms with Crippen LogP contribution < -0.4 is 10.1 Å². The molecule has 2 aromatic heterocycles. The number of carbonyl (C=O) groups excluding carboxylic acids is 1. The van der Waals surface area contributed by atoms with E-state index in [1.807, 2.05) is 26.8 Å². The number of hydrogen-bond donors (Lipinski definition) is 1. The number of nitrogens with one attached hydrogen (secondary N) is 1. The minimum absolute atomic E-state index is 0.0782. The van der Waals surface area contributed by atoms with E-state index in [0.717, 1.165) is 11.8 Å². The molecule has 0 spiro atoms. The van der Waals surface area contributed by atoms with Crippen LogP contribution in [0.3, 0.4) is 0 Å². The average Bonchev–Trinajstić information content (AvgIpc) is 3.18. The Morgan fingerprint density at radius 2 is 2.00 bits per heavy atom. The predicted octanol–water partition coefficient (Wildman–Crippen LogP) is 4.76. The first-order valence-corrected chi connectivity index (χ1v) is 9.04. The first-order chi connectivity index (χ1) is 14.1. The second kappa shape index (κ2) is 8.52. The highest BCUT2D eigenvalue weighted by Crippen LogP contribution is 2.31. The van der Waals surface area contributed by atoms with Gasteiger partial charge in [0.25, 0.3) is 11.8 Å². The van der Waals surface area contributed by atoms with Crippen LogP contribution in [-0.2, 0) is 0 Å². The van der Waals surface area contributed by atoms with Crippen molar-refractivity contribution in [3.63, 3.8) is 0 Å². The van der Waals surface area contributed by atoms with Crippen molar-refractivity contribution in [3.8, 4) is 17.3 Å². The fraction of sp³-hybridized carbons (Fsp3) is 0.300. The molecule has 2 heterocycles. The smallest absolute Gasteiger partial charge is 0.422 e. The molecular formula is C20H19F3N4O3. The van der Waals surface area contributed by atoms with E-state index in [4.69, 9.17) is 4.52 Å². The summed E-state index contributed by atoms with van der Waals surface area (Å²) in [6.45, 7) is 4.22. The maximum Gasteiger partial charge on any atom is 0.422 e. The van der Waals surface area contributed by atoms with Crippen molar-refractivity contribution in [2.45, 2.75) is 32.9 Å². The lowest BCUT2D eigenvalue weighted by atomic mass is 10.1. The number of amides is 1. The van der Waals surface area contributed by atoms with Gasteiger partial charge in [-0.3, -0.25) is 4.79 Å². The van der Waals surface area contributed by atoms with Gasteiger partial charge in [0.15, 0.2) is 12.4 Å². The number of para-hydroxylation sites is 1. The van der Waals surface area contributed by atoms with E-state index in [9.17, 15) is 18.0 Å². The second-order valence-corrected chi connectivity index (χ2v) is 6.85. The number of rotatable bonds is 6. The lowest BCUT2D eigenvalue weighted by Crippen LogP contribution is -2.20. The van der Waals surface area contributed by atoms with Gasteiger partial charge in [0.2, 0.25) is 5.88 Å². The number of hydrogen-bond acceptors (Lipinski definition) is 6. The molecule has 1 aromatic carbocycles. The zero-order valence-electron chi connectivity index (χ0n) is 16.4. The van der Waals surface area contributed by atoms with Crippen molar-refractivity contribution in [1.82, 2.24) is 15.1 Å². The van der Waals surface area contributed by atoms with Gasteiger partial charge in [0.05, 0.1) is 16.8 Å². The number of halogens is 3. The van der Waals surface area contributed by atoms with Crippen LogP contribution in [0.1, 0.15) is 41.5 Å². The summed E-state index contributed by atoms with van der Waals surface area (Å²) < 4.78 is 46.5. The highest BCUT2D eigenvalue weighted by Gasteiger charge is 2.28. The molecule has 158 valence electrons. The Hall–Kier alpha value is -3.43. The van der Waals surface area contributed by atoms with Crippen molar-refractivity contribution >= 4 is 11.6 Å². The van der Waals surface area contributed by atoms with E-state index in [0.29, 0.717) is 17.1 Å². The molecule has 0 radical (unpaired) electrons. The summed E-state index contributed by atoms with van der Waals surface area (Å²) in [6, 6.07) is 7.88. The van der Waals surface area contributed by atoms with Gasteiger partial charge < -0.3 is 14.6 Å². The number of anilines is 1. The van der Waals surface area contributed by atoms with Gasteiger partial charge in [-0.05, 0) is 24.6 Å². The number of ether oxygens (including phenoxy) is 1. The molecule has 0 aliphatic rings. The van der Waals surface area contributed by atoms with Crippen molar-refractivity contribution < 1.29 is 27.2 Å². The number of benzene rings is 1. The average molecular weight is 420 g/mol. The van der Waals surface area contributed by atoms with Crippen molar-refractivity contribution in [3.05, 3.63) is 53.5 Å². The number of nitrogens with zero attached hydrogens (tertiary/aromatic N) is 3. The molecule has 3 aromatic rings. The van der Waals surface area contributed by atoms with Crippen LogP contribution in [-0.4, -0.2) is 33.8 Å². The molecule has 3 rings (SSSR count). The first-order valence-electron chi connectivity index (χ1n) is 9.04. The van der Waals surface area contributed by atoms with Crippen molar-refractivity contribution in [2.75, 3.05) is 11.9 Å². The second-order valence-electron chi connectivity index (χ2n) is 6.85. The number of alkyl halides is 3. The van der Waals surface area contributed by atoms with E-state index in [-0.39, 0.29) is 23.3 Å². The molecule has 30 heavy (non-hydrogen) atoms. The lowest BCUT2D eigenvalue weighted by Gasteiger charge is -2.12. The Balaban J connectivity index is 1.80. The van der Waals surface area contributed by atoms with Gasteiger partial charge in [-0.25, -0.2) is 4.98 Å². The van der Waals surface area contributed by atoms with E-state index < -0.39 is 18.7 Å². The minimum Gasteiger partial charge on any atom is -0.468 e. The van der Waals surface area contributed by atoms with Crippen LogP contribution in [0.4, 0.5) is 18.9 Å². The lowest BCUT2D eigenvalue weighted by molar-refractivity contribution is -0.154.